The molecule has 4 heteroatoms. The van der Waals surface area contributed by atoms with Gasteiger partial charge in [0.25, 0.3) is 0 Å². The zero-order valence-electron chi connectivity index (χ0n) is 9.28. The molecular weight excluding hydrogens is 364 g/mol. The predicted octanol–water partition coefficient (Wildman–Crippen LogP) is 4.86. The fourth-order valence-electron chi connectivity index (χ4n) is 1.68. The number of aliphatic hydroxyl groups is 1. The van der Waals surface area contributed by atoms with Crippen LogP contribution in [0.4, 0.5) is 0 Å². The molecule has 0 saturated heterocycles. The Morgan fingerprint density at radius 1 is 1.29 bits per heavy atom. The molecule has 1 unspecified atom stereocenters. The van der Waals surface area contributed by atoms with Crippen molar-refractivity contribution in [3.8, 4) is 0 Å². The Labute approximate surface area is 122 Å². The van der Waals surface area contributed by atoms with E-state index >= 15 is 0 Å². The Bertz CT molecular complexity index is 522. The van der Waals surface area contributed by atoms with E-state index in [1.54, 1.807) is 11.3 Å². The summed E-state index contributed by atoms with van der Waals surface area (Å²) in [4.78, 5) is 1.18. The van der Waals surface area contributed by atoms with E-state index in [2.05, 4.69) is 37.9 Å². The molecule has 0 fully saturated rings. The summed E-state index contributed by atoms with van der Waals surface area (Å²) in [5.74, 6) is 0. The number of rotatable bonds is 3. The average molecular weight is 376 g/mol. The lowest BCUT2D eigenvalue weighted by Gasteiger charge is -2.12. The van der Waals surface area contributed by atoms with Crippen LogP contribution in [0, 0.1) is 6.92 Å². The lowest BCUT2D eigenvalue weighted by Crippen LogP contribution is -2.02. The minimum absolute atomic E-state index is 0.463. The van der Waals surface area contributed by atoms with Gasteiger partial charge in [0.15, 0.2) is 0 Å². The molecule has 0 aliphatic rings. The average Bonchev–Trinajstić information content (AvgIpc) is 2.67. The van der Waals surface area contributed by atoms with Gasteiger partial charge in [-0.15, -0.1) is 11.3 Å². The topological polar surface area (TPSA) is 20.2 Å². The van der Waals surface area contributed by atoms with Crippen molar-refractivity contribution in [3.05, 3.63) is 54.6 Å². The van der Waals surface area contributed by atoms with Gasteiger partial charge in [-0.3, -0.25) is 0 Å². The summed E-state index contributed by atoms with van der Waals surface area (Å²) in [6.07, 6.45) is 0.188. The molecule has 2 rings (SSSR count). The SMILES string of the molecule is Cc1ccc(Br)c(C(O)Cc2cc(Br)cs2)c1. The third-order valence-corrected chi connectivity index (χ3v) is 4.97. The first-order chi connectivity index (χ1) is 8.06. The molecule has 17 heavy (non-hydrogen) atoms. The Balaban J connectivity index is 2.19. The van der Waals surface area contributed by atoms with E-state index in [9.17, 15) is 5.11 Å². The van der Waals surface area contributed by atoms with Crippen LogP contribution in [0.15, 0.2) is 38.6 Å². The highest BCUT2D eigenvalue weighted by Crippen LogP contribution is 2.29. The molecule has 0 aliphatic carbocycles. The maximum atomic E-state index is 10.2. The molecule has 90 valence electrons. The number of thiophene rings is 1. The number of hydrogen-bond donors (Lipinski definition) is 1. The van der Waals surface area contributed by atoms with Crippen LogP contribution in [-0.2, 0) is 6.42 Å². The van der Waals surface area contributed by atoms with Crippen molar-refractivity contribution in [2.24, 2.45) is 0 Å². The molecule has 2 aromatic rings. The second-order valence-corrected chi connectivity index (χ2v) is 6.74. The van der Waals surface area contributed by atoms with Gasteiger partial charge in [-0.2, -0.15) is 0 Å². The number of aliphatic hydroxyl groups excluding tert-OH is 1. The first kappa shape index (κ1) is 13.3. The molecule has 1 aromatic heterocycles. The van der Waals surface area contributed by atoms with Gasteiger partial charge in [0.2, 0.25) is 0 Å². The monoisotopic (exact) mass is 374 g/mol. The molecule has 0 saturated carbocycles. The largest absolute Gasteiger partial charge is 0.388 e. The molecule has 1 nitrogen and oxygen atoms in total. The molecule has 1 N–H and O–H groups in total. The summed E-state index contributed by atoms with van der Waals surface area (Å²) >= 11 is 8.57. The number of halogens is 2. The van der Waals surface area contributed by atoms with Crippen LogP contribution in [-0.4, -0.2) is 5.11 Å². The lowest BCUT2D eigenvalue weighted by molar-refractivity contribution is 0.178. The van der Waals surface area contributed by atoms with Crippen molar-refractivity contribution >= 4 is 43.2 Å². The number of hydrogen-bond acceptors (Lipinski definition) is 2. The van der Waals surface area contributed by atoms with E-state index in [1.807, 2.05) is 30.5 Å². The highest BCUT2D eigenvalue weighted by molar-refractivity contribution is 9.10. The molecule has 0 amide bonds. The maximum Gasteiger partial charge on any atom is 0.0849 e. The van der Waals surface area contributed by atoms with E-state index < -0.39 is 6.10 Å². The highest BCUT2D eigenvalue weighted by Gasteiger charge is 2.13. The third-order valence-electron chi connectivity index (χ3n) is 2.53. The molecule has 1 atom stereocenters. The van der Waals surface area contributed by atoms with Crippen LogP contribution >= 0.6 is 43.2 Å². The van der Waals surface area contributed by atoms with Gasteiger partial charge in [0.05, 0.1) is 6.10 Å². The van der Waals surface area contributed by atoms with Crippen molar-refractivity contribution in [2.45, 2.75) is 19.4 Å². The second-order valence-electron chi connectivity index (χ2n) is 3.98. The standard InChI is InChI=1S/C13H12Br2OS/c1-8-2-3-12(15)11(4-8)13(16)6-10-5-9(14)7-17-10/h2-5,7,13,16H,6H2,1H3. The Hall–Kier alpha value is -0.160. The fourth-order valence-corrected chi connectivity index (χ4v) is 3.68. The first-order valence-corrected chi connectivity index (χ1v) is 7.70. The summed E-state index contributed by atoms with van der Waals surface area (Å²) in [6, 6.07) is 8.09. The summed E-state index contributed by atoms with van der Waals surface area (Å²) < 4.78 is 2.04. The minimum atomic E-state index is -0.463. The van der Waals surface area contributed by atoms with Crippen LogP contribution in [0.1, 0.15) is 22.1 Å². The summed E-state index contributed by atoms with van der Waals surface area (Å²) in [5, 5.41) is 12.3. The molecule has 1 heterocycles. The second kappa shape index (κ2) is 5.65. The molecule has 0 bridgehead atoms. The van der Waals surface area contributed by atoms with Gasteiger partial charge >= 0.3 is 0 Å². The van der Waals surface area contributed by atoms with Gasteiger partial charge in [0.1, 0.15) is 0 Å². The fraction of sp³-hybridized carbons (Fsp3) is 0.231. The lowest BCUT2D eigenvalue weighted by atomic mass is 10.0. The van der Waals surface area contributed by atoms with Crippen molar-refractivity contribution in [1.82, 2.24) is 0 Å². The third kappa shape index (κ3) is 3.41. The maximum absolute atomic E-state index is 10.2. The Kier molecular flexibility index (Phi) is 4.42. The van der Waals surface area contributed by atoms with Crippen molar-refractivity contribution < 1.29 is 5.11 Å². The smallest absolute Gasteiger partial charge is 0.0849 e. The van der Waals surface area contributed by atoms with Gasteiger partial charge < -0.3 is 5.11 Å². The van der Waals surface area contributed by atoms with Crippen LogP contribution in [0.5, 0.6) is 0 Å². The Morgan fingerprint density at radius 3 is 2.71 bits per heavy atom. The van der Waals surface area contributed by atoms with Crippen LogP contribution in [0.25, 0.3) is 0 Å². The van der Waals surface area contributed by atoms with Gasteiger partial charge in [-0.25, -0.2) is 0 Å². The van der Waals surface area contributed by atoms with Crippen LogP contribution < -0.4 is 0 Å². The van der Waals surface area contributed by atoms with E-state index in [1.165, 1.54) is 4.88 Å². The normalized spacial score (nSPS) is 12.7. The van der Waals surface area contributed by atoms with Gasteiger partial charge in [0, 0.05) is 25.6 Å². The zero-order valence-corrected chi connectivity index (χ0v) is 13.3. The van der Waals surface area contributed by atoms with Gasteiger partial charge in [-0.1, -0.05) is 33.6 Å². The summed E-state index contributed by atoms with van der Waals surface area (Å²) in [6.45, 7) is 2.03. The quantitative estimate of drug-likeness (QED) is 0.812. The van der Waals surface area contributed by atoms with E-state index in [0.29, 0.717) is 6.42 Å². The molecular formula is C13H12Br2OS. The van der Waals surface area contributed by atoms with Crippen molar-refractivity contribution in [2.75, 3.05) is 0 Å². The number of benzene rings is 1. The van der Waals surface area contributed by atoms with Gasteiger partial charge in [-0.05, 0) is 40.5 Å². The summed E-state index contributed by atoms with van der Waals surface area (Å²) in [5.41, 5.74) is 2.11. The molecule has 0 radical (unpaired) electrons. The van der Waals surface area contributed by atoms with E-state index in [4.69, 9.17) is 0 Å². The van der Waals surface area contributed by atoms with E-state index in [-0.39, 0.29) is 0 Å². The van der Waals surface area contributed by atoms with Crippen molar-refractivity contribution in [1.29, 1.82) is 0 Å². The highest BCUT2D eigenvalue weighted by atomic mass is 79.9. The Morgan fingerprint density at radius 2 is 2.06 bits per heavy atom. The zero-order chi connectivity index (χ0) is 12.4. The first-order valence-electron chi connectivity index (χ1n) is 5.23. The van der Waals surface area contributed by atoms with Crippen molar-refractivity contribution in [3.63, 3.8) is 0 Å². The van der Waals surface area contributed by atoms with Crippen LogP contribution in [0.3, 0.4) is 0 Å². The molecule has 1 aromatic carbocycles. The molecule has 0 spiro atoms. The van der Waals surface area contributed by atoms with Crippen LogP contribution in [0.2, 0.25) is 0 Å². The number of aryl methyl sites for hydroxylation is 1. The predicted molar refractivity (Wildman–Crippen MR) is 79.6 cm³/mol. The minimum Gasteiger partial charge on any atom is -0.388 e. The van der Waals surface area contributed by atoms with E-state index in [0.717, 1.165) is 20.1 Å². The summed E-state index contributed by atoms with van der Waals surface area (Å²) in [7, 11) is 0. The molecule has 0 aliphatic heterocycles.